The molecule has 0 aromatic heterocycles. The molecule has 3 saturated heterocycles. The molecule has 19 heteroatoms. The zero-order valence-corrected chi connectivity index (χ0v) is 40.3. The van der Waals surface area contributed by atoms with Gasteiger partial charge in [-0.3, -0.25) is 4.79 Å². The number of hydrogen-bond donors (Lipinski definition) is 12. The summed E-state index contributed by atoms with van der Waals surface area (Å²) in [7, 11) is 0. The van der Waals surface area contributed by atoms with Crippen LogP contribution in [0.25, 0.3) is 0 Å². The molecule has 12 N–H and O–H groups in total. The molecule has 19 nitrogen and oxygen atoms in total. The summed E-state index contributed by atoms with van der Waals surface area (Å²) in [5.41, 5.74) is 0. The van der Waals surface area contributed by atoms with Gasteiger partial charge in [-0.05, 0) is 44.9 Å². The van der Waals surface area contributed by atoms with Crippen molar-refractivity contribution in [3.63, 3.8) is 0 Å². The third-order valence-electron chi connectivity index (χ3n) is 12.7. The Morgan fingerprint density at radius 3 is 1.46 bits per heavy atom. The zero-order chi connectivity index (χ0) is 49.8. The van der Waals surface area contributed by atoms with Crippen LogP contribution in [0.2, 0.25) is 0 Å². The van der Waals surface area contributed by atoms with Crippen LogP contribution in [-0.4, -0.2) is 193 Å². The molecule has 0 saturated carbocycles. The Balaban J connectivity index is 1.46. The number of nitrogens with one attached hydrogen (secondary N) is 1. The first-order chi connectivity index (χ1) is 32.8. The maximum Gasteiger partial charge on any atom is 0.220 e. The summed E-state index contributed by atoms with van der Waals surface area (Å²) in [6.45, 7) is 1.38. The number of aliphatic hydroxyl groups excluding tert-OH is 11. The van der Waals surface area contributed by atoms with E-state index in [4.69, 9.17) is 28.4 Å². The maximum atomic E-state index is 12.8. The first kappa shape index (κ1) is 60.3. The normalized spacial score (nSPS) is 33.5. The van der Waals surface area contributed by atoms with Gasteiger partial charge in [-0.15, -0.1) is 0 Å². The fourth-order valence-corrected chi connectivity index (χ4v) is 8.37. The number of hydrogen-bond acceptors (Lipinski definition) is 18. The maximum absolute atomic E-state index is 12.8. The van der Waals surface area contributed by atoms with Crippen molar-refractivity contribution in [1.29, 1.82) is 0 Å². The van der Waals surface area contributed by atoms with Gasteiger partial charge in [-0.1, -0.05) is 121 Å². The lowest BCUT2D eigenvalue weighted by molar-refractivity contribution is -0.379. The van der Waals surface area contributed by atoms with Crippen molar-refractivity contribution in [3.05, 3.63) is 36.5 Å². The number of ether oxygens (including phenoxy) is 6. The lowest BCUT2D eigenvalue weighted by atomic mass is 9.96. The van der Waals surface area contributed by atoms with Gasteiger partial charge in [0.2, 0.25) is 5.91 Å². The molecule has 0 radical (unpaired) electrons. The van der Waals surface area contributed by atoms with Gasteiger partial charge in [-0.2, -0.15) is 0 Å². The molecular formula is C49H87NO18. The molecule has 3 aliphatic heterocycles. The summed E-state index contributed by atoms with van der Waals surface area (Å²) in [5.74, 6) is -0.328. The Labute approximate surface area is 402 Å². The van der Waals surface area contributed by atoms with E-state index in [1.54, 1.807) is 12.2 Å². The summed E-state index contributed by atoms with van der Waals surface area (Å²) in [6, 6.07) is -0.988. The molecule has 0 bridgehead atoms. The van der Waals surface area contributed by atoms with E-state index in [2.05, 4.69) is 36.5 Å². The fraction of sp³-hybridized carbons (Fsp3) is 0.857. The Morgan fingerprint density at radius 2 is 0.941 bits per heavy atom. The Kier molecular flexibility index (Phi) is 30.5. The highest BCUT2D eigenvalue weighted by atomic mass is 16.8. The van der Waals surface area contributed by atoms with Crippen LogP contribution in [0.1, 0.15) is 136 Å². The molecule has 68 heavy (non-hydrogen) atoms. The van der Waals surface area contributed by atoms with Gasteiger partial charge in [0.15, 0.2) is 18.9 Å². The fourth-order valence-electron chi connectivity index (χ4n) is 8.37. The molecule has 396 valence electrons. The summed E-state index contributed by atoms with van der Waals surface area (Å²) in [6.07, 6.45) is 5.99. The standard InChI is InChI=1S/C49H87NO18/c1-3-5-7-8-9-10-11-12-13-14-15-16-17-18-19-20-21-22-23-24-25-26-33(54)32(50-37(55)27-6-4-2)31-63-47-43(61)40(58)45(35(29-52)65-47)68-49-44(62)41(59)46(36(30-53)66-49)67-48-42(60)39(57)38(56)34(28-51)64-48/h17-18,21-22,25-26,32-36,38-49,51-54,56-62H,3-16,19-20,23-24,27-31H2,1-2H3,(H,50,55)/b18-17+,22-21+,26-25+. The summed E-state index contributed by atoms with van der Waals surface area (Å²) in [5, 5.41) is 119. The zero-order valence-electron chi connectivity index (χ0n) is 40.3. The van der Waals surface area contributed by atoms with Gasteiger partial charge in [-0.25, -0.2) is 0 Å². The van der Waals surface area contributed by atoms with Crippen LogP contribution in [0.15, 0.2) is 36.5 Å². The third-order valence-corrected chi connectivity index (χ3v) is 12.7. The SMILES string of the molecule is CCCCCCCCCCCCC/C=C/CC/C=C/CC/C=C/C(O)C(COC1OC(CO)C(OC2OC(CO)C(OC3OC(CO)C(O)C(O)C3O)C(O)C2O)C(O)C1O)NC(=O)CCCC. The van der Waals surface area contributed by atoms with Crippen molar-refractivity contribution < 1.29 is 89.4 Å². The molecule has 3 heterocycles. The topological polar surface area (TPSA) is 307 Å². The number of unbranched alkanes of at least 4 members (excludes halogenated alkanes) is 14. The van der Waals surface area contributed by atoms with Gasteiger partial charge in [0.1, 0.15) is 73.2 Å². The van der Waals surface area contributed by atoms with Gasteiger partial charge in [0.05, 0.1) is 38.6 Å². The van der Waals surface area contributed by atoms with Gasteiger partial charge in [0.25, 0.3) is 0 Å². The molecule has 0 aliphatic carbocycles. The lowest BCUT2D eigenvalue weighted by Gasteiger charge is -2.48. The number of carbonyl (C=O) groups is 1. The highest BCUT2D eigenvalue weighted by Gasteiger charge is 2.53. The Morgan fingerprint density at radius 1 is 0.515 bits per heavy atom. The van der Waals surface area contributed by atoms with E-state index in [0.29, 0.717) is 12.8 Å². The molecule has 3 rings (SSSR count). The molecular weight excluding hydrogens is 891 g/mol. The first-order valence-corrected chi connectivity index (χ1v) is 25.2. The molecule has 1 amide bonds. The molecule has 3 aliphatic rings. The van der Waals surface area contributed by atoms with Crippen molar-refractivity contribution in [2.45, 2.75) is 240 Å². The molecule has 0 spiro atoms. The second-order valence-electron chi connectivity index (χ2n) is 18.3. The van der Waals surface area contributed by atoms with E-state index in [0.717, 1.165) is 32.1 Å². The molecule has 0 aromatic rings. The van der Waals surface area contributed by atoms with Gasteiger partial charge >= 0.3 is 0 Å². The van der Waals surface area contributed by atoms with E-state index in [1.807, 2.05) is 6.92 Å². The lowest BCUT2D eigenvalue weighted by Crippen LogP contribution is -2.66. The average Bonchev–Trinajstić information content (AvgIpc) is 3.33. The van der Waals surface area contributed by atoms with Crippen LogP contribution >= 0.6 is 0 Å². The van der Waals surface area contributed by atoms with E-state index in [9.17, 15) is 61.0 Å². The highest BCUT2D eigenvalue weighted by Crippen LogP contribution is 2.33. The van der Waals surface area contributed by atoms with E-state index >= 15 is 0 Å². The first-order valence-electron chi connectivity index (χ1n) is 25.2. The van der Waals surface area contributed by atoms with Crippen molar-refractivity contribution in [2.24, 2.45) is 0 Å². The number of allylic oxidation sites excluding steroid dienone is 5. The van der Waals surface area contributed by atoms with Crippen LogP contribution in [-0.2, 0) is 33.2 Å². The number of carbonyl (C=O) groups excluding carboxylic acids is 1. The van der Waals surface area contributed by atoms with Gasteiger partial charge < -0.3 is 89.9 Å². The summed E-state index contributed by atoms with van der Waals surface area (Å²) in [4.78, 5) is 12.8. The Bertz CT molecular complexity index is 1400. The highest BCUT2D eigenvalue weighted by molar-refractivity contribution is 5.76. The van der Waals surface area contributed by atoms with Gasteiger partial charge in [0, 0.05) is 6.42 Å². The quantitative estimate of drug-likeness (QED) is 0.0321. The average molecular weight is 978 g/mol. The number of aliphatic hydroxyl groups is 11. The summed E-state index contributed by atoms with van der Waals surface area (Å²) >= 11 is 0. The monoisotopic (exact) mass is 978 g/mol. The van der Waals surface area contributed by atoms with Crippen LogP contribution in [0, 0.1) is 0 Å². The minimum Gasteiger partial charge on any atom is -0.394 e. The van der Waals surface area contributed by atoms with E-state index in [-0.39, 0.29) is 18.9 Å². The second kappa shape index (κ2) is 34.4. The number of amides is 1. The largest absolute Gasteiger partial charge is 0.394 e. The van der Waals surface area contributed by atoms with Crippen LogP contribution in [0.4, 0.5) is 0 Å². The summed E-state index contributed by atoms with van der Waals surface area (Å²) < 4.78 is 33.8. The molecule has 3 fully saturated rings. The minimum absolute atomic E-state index is 0.206. The predicted molar refractivity (Wildman–Crippen MR) is 249 cm³/mol. The van der Waals surface area contributed by atoms with Crippen LogP contribution in [0.3, 0.4) is 0 Å². The minimum atomic E-state index is -1.98. The number of rotatable bonds is 34. The van der Waals surface area contributed by atoms with Crippen LogP contribution < -0.4 is 5.32 Å². The second-order valence-corrected chi connectivity index (χ2v) is 18.3. The van der Waals surface area contributed by atoms with E-state index in [1.165, 1.54) is 70.6 Å². The molecule has 17 atom stereocenters. The van der Waals surface area contributed by atoms with Crippen LogP contribution in [0.5, 0.6) is 0 Å². The molecule has 0 aromatic carbocycles. The third kappa shape index (κ3) is 20.3. The van der Waals surface area contributed by atoms with Crippen molar-refractivity contribution >= 4 is 5.91 Å². The smallest absolute Gasteiger partial charge is 0.220 e. The molecule has 17 unspecified atom stereocenters. The van der Waals surface area contributed by atoms with Crippen molar-refractivity contribution in [3.8, 4) is 0 Å². The van der Waals surface area contributed by atoms with Crippen molar-refractivity contribution in [1.82, 2.24) is 5.32 Å². The van der Waals surface area contributed by atoms with E-state index < -0.39 is 124 Å². The van der Waals surface area contributed by atoms with Crippen molar-refractivity contribution in [2.75, 3.05) is 26.4 Å². The Hall–Kier alpha value is -1.99. The predicted octanol–water partition coefficient (Wildman–Crippen LogP) is 1.42.